The van der Waals surface area contributed by atoms with E-state index in [0.29, 0.717) is 12.1 Å². The van der Waals surface area contributed by atoms with Gasteiger partial charge in [-0.25, -0.2) is 8.78 Å². The van der Waals surface area contributed by atoms with E-state index in [9.17, 15) is 8.78 Å². The summed E-state index contributed by atoms with van der Waals surface area (Å²) in [6, 6.07) is 3.88. The van der Waals surface area contributed by atoms with Crippen molar-refractivity contribution >= 4 is 0 Å². The first-order valence-corrected chi connectivity index (χ1v) is 7.76. The largest absolute Gasteiger partial charge is 0.309 e. The van der Waals surface area contributed by atoms with Crippen molar-refractivity contribution in [2.24, 2.45) is 0 Å². The number of rotatable bonds is 4. The number of hydrogen-bond acceptors (Lipinski definition) is 2. The minimum atomic E-state index is -0.519. The van der Waals surface area contributed by atoms with Crippen LogP contribution in [0.1, 0.15) is 46.1 Å². The van der Waals surface area contributed by atoms with Crippen molar-refractivity contribution in [2.45, 2.75) is 58.2 Å². The summed E-state index contributed by atoms with van der Waals surface area (Å²) in [7, 11) is 0. The first-order chi connectivity index (χ1) is 9.82. The number of nitrogens with zero attached hydrogens (tertiary/aromatic N) is 1. The molecule has 1 fully saturated rings. The molecular weight excluding hydrogens is 270 g/mol. The Morgan fingerprint density at radius 3 is 2.43 bits per heavy atom. The predicted molar refractivity (Wildman–Crippen MR) is 82.2 cm³/mol. The minimum absolute atomic E-state index is 0.00431. The molecule has 4 heteroatoms. The van der Waals surface area contributed by atoms with Crippen LogP contribution in [0.5, 0.6) is 0 Å². The molecule has 2 rings (SSSR count). The lowest BCUT2D eigenvalue weighted by Crippen LogP contribution is -2.67. The molecule has 1 N–H and O–H groups in total. The van der Waals surface area contributed by atoms with Crippen LogP contribution in [0.25, 0.3) is 0 Å². The maximum absolute atomic E-state index is 14.0. The molecule has 1 aliphatic rings. The fourth-order valence-electron chi connectivity index (χ4n) is 3.24. The first kappa shape index (κ1) is 16.4. The Morgan fingerprint density at radius 2 is 1.86 bits per heavy atom. The molecule has 0 saturated carbocycles. The quantitative estimate of drug-likeness (QED) is 0.911. The fourth-order valence-corrected chi connectivity index (χ4v) is 3.24. The van der Waals surface area contributed by atoms with Gasteiger partial charge in [-0.15, -0.1) is 0 Å². The van der Waals surface area contributed by atoms with E-state index in [1.165, 1.54) is 6.07 Å². The average Bonchev–Trinajstić information content (AvgIpc) is 2.42. The van der Waals surface area contributed by atoms with Gasteiger partial charge in [-0.3, -0.25) is 4.90 Å². The van der Waals surface area contributed by atoms with Gasteiger partial charge in [0.05, 0.1) is 0 Å². The highest BCUT2D eigenvalue weighted by Crippen LogP contribution is 2.31. The summed E-state index contributed by atoms with van der Waals surface area (Å²) in [5.74, 6) is -0.971. The normalized spacial score (nSPS) is 21.4. The summed E-state index contributed by atoms with van der Waals surface area (Å²) in [6.45, 7) is 11.0. The van der Waals surface area contributed by atoms with Crippen molar-refractivity contribution in [1.82, 2.24) is 10.2 Å². The van der Waals surface area contributed by atoms with Crippen LogP contribution >= 0.6 is 0 Å². The first-order valence-electron chi connectivity index (χ1n) is 7.76. The highest BCUT2D eigenvalue weighted by molar-refractivity contribution is 5.19. The highest BCUT2D eigenvalue weighted by Gasteiger charge is 2.41. The van der Waals surface area contributed by atoms with Crippen molar-refractivity contribution in [1.29, 1.82) is 0 Å². The van der Waals surface area contributed by atoms with Crippen LogP contribution in [-0.2, 0) is 6.54 Å². The summed E-state index contributed by atoms with van der Waals surface area (Å²) in [6.07, 6.45) is 2.02. The van der Waals surface area contributed by atoms with Crippen LogP contribution in [-0.4, -0.2) is 29.1 Å². The lowest BCUT2D eigenvalue weighted by atomic mass is 9.84. The zero-order valence-electron chi connectivity index (χ0n) is 13.5. The topological polar surface area (TPSA) is 15.3 Å². The van der Waals surface area contributed by atoms with Crippen LogP contribution in [0, 0.1) is 11.6 Å². The Morgan fingerprint density at radius 1 is 1.19 bits per heavy atom. The molecule has 118 valence electrons. The molecular formula is C17H26F2N2. The van der Waals surface area contributed by atoms with Gasteiger partial charge in [0.1, 0.15) is 11.6 Å². The zero-order valence-corrected chi connectivity index (χ0v) is 13.5. The maximum Gasteiger partial charge on any atom is 0.130 e. The molecule has 0 atom stereocenters. The summed E-state index contributed by atoms with van der Waals surface area (Å²) in [5, 5.41) is 3.60. The van der Waals surface area contributed by atoms with E-state index in [1.54, 1.807) is 6.07 Å². The Balaban J connectivity index is 2.27. The van der Waals surface area contributed by atoms with Crippen molar-refractivity contribution in [2.75, 3.05) is 13.1 Å². The minimum Gasteiger partial charge on any atom is -0.309 e. The van der Waals surface area contributed by atoms with Gasteiger partial charge in [0.25, 0.3) is 0 Å². The fraction of sp³-hybridized carbons (Fsp3) is 0.647. The van der Waals surface area contributed by atoms with Crippen molar-refractivity contribution in [3.05, 3.63) is 35.4 Å². The second kappa shape index (κ2) is 6.01. The van der Waals surface area contributed by atoms with Gasteiger partial charge in [-0.2, -0.15) is 0 Å². The molecule has 0 unspecified atom stereocenters. The summed E-state index contributed by atoms with van der Waals surface area (Å²) in [4.78, 5) is 2.36. The van der Waals surface area contributed by atoms with Gasteiger partial charge >= 0.3 is 0 Å². The van der Waals surface area contributed by atoms with Gasteiger partial charge in [-0.05, 0) is 32.8 Å². The molecule has 0 spiro atoms. The molecule has 1 aromatic rings. The second-order valence-corrected chi connectivity index (χ2v) is 6.76. The van der Waals surface area contributed by atoms with Crippen LogP contribution in [0.15, 0.2) is 18.2 Å². The predicted octanol–water partition coefficient (Wildman–Crippen LogP) is 3.71. The third-order valence-electron chi connectivity index (χ3n) is 4.85. The molecule has 21 heavy (non-hydrogen) atoms. The molecule has 0 radical (unpaired) electrons. The van der Waals surface area contributed by atoms with E-state index in [0.717, 1.165) is 32.0 Å². The Kier molecular flexibility index (Phi) is 4.69. The van der Waals surface area contributed by atoms with Crippen LogP contribution in [0.2, 0.25) is 0 Å². The number of hydrogen-bond donors (Lipinski definition) is 1. The van der Waals surface area contributed by atoms with E-state index in [-0.39, 0.29) is 11.1 Å². The van der Waals surface area contributed by atoms with Crippen molar-refractivity contribution in [3.8, 4) is 0 Å². The summed E-state index contributed by atoms with van der Waals surface area (Å²) < 4.78 is 27.0. The Bertz CT molecular complexity index is 496. The zero-order chi connectivity index (χ0) is 15.7. The molecule has 1 aromatic carbocycles. The van der Waals surface area contributed by atoms with E-state index >= 15 is 0 Å². The van der Waals surface area contributed by atoms with Crippen LogP contribution in [0.4, 0.5) is 8.78 Å². The lowest BCUT2D eigenvalue weighted by molar-refractivity contribution is 0.00162. The molecule has 0 bridgehead atoms. The molecule has 0 aromatic heterocycles. The molecule has 1 aliphatic heterocycles. The monoisotopic (exact) mass is 296 g/mol. The standard InChI is InChI=1S/C17H26F2N2/c1-5-17(6-2)11-20-16(3,4)12-21(17)10-13-7-8-14(18)9-15(13)19/h7-9,20H,5-6,10-12H2,1-4H3. The Labute approximate surface area is 126 Å². The third-order valence-corrected chi connectivity index (χ3v) is 4.85. The second-order valence-electron chi connectivity index (χ2n) is 6.76. The van der Waals surface area contributed by atoms with Gasteiger partial charge < -0.3 is 5.32 Å². The van der Waals surface area contributed by atoms with Gasteiger partial charge in [0.15, 0.2) is 0 Å². The number of benzene rings is 1. The van der Waals surface area contributed by atoms with Crippen molar-refractivity contribution < 1.29 is 8.78 Å². The van der Waals surface area contributed by atoms with E-state index < -0.39 is 11.6 Å². The van der Waals surface area contributed by atoms with Gasteiger partial charge in [-0.1, -0.05) is 19.9 Å². The molecule has 1 saturated heterocycles. The van der Waals surface area contributed by atoms with Crippen LogP contribution in [0.3, 0.4) is 0 Å². The molecule has 0 aliphatic carbocycles. The molecule has 2 nitrogen and oxygen atoms in total. The average molecular weight is 296 g/mol. The van der Waals surface area contributed by atoms with Gasteiger partial charge in [0.2, 0.25) is 0 Å². The van der Waals surface area contributed by atoms with Crippen LogP contribution < -0.4 is 5.32 Å². The van der Waals surface area contributed by atoms with E-state index in [4.69, 9.17) is 0 Å². The van der Waals surface area contributed by atoms with Crippen molar-refractivity contribution in [3.63, 3.8) is 0 Å². The van der Waals surface area contributed by atoms with E-state index in [1.807, 2.05) is 0 Å². The molecule has 0 amide bonds. The molecule has 1 heterocycles. The number of halogens is 2. The Hall–Kier alpha value is -1.00. The highest BCUT2D eigenvalue weighted by atomic mass is 19.1. The SMILES string of the molecule is CCC1(CC)CNC(C)(C)CN1Cc1ccc(F)cc1F. The van der Waals surface area contributed by atoms with Gasteiger partial charge in [0, 0.05) is 42.3 Å². The number of nitrogens with one attached hydrogen (secondary N) is 1. The number of piperazine rings is 1. The maximum atomic E-state index is 14.0. The summed E-state index contributed by atoms with van der Waals surface area (Å²) in [5.41, 5.74) is 0.612. The summed E-state index contributed by atoms with van der Waals surface area (Å²) >= 11 is 0. The lowest BCUT2D eigenvalue weighted by Gasteiger charge is -2.52. The third kappa shape index (κ3) is 3.43. The van der Waals surface area contributed by atoms with E-state index in [2.05, 4.69) is 37.9 Å². The smallest absolute Gasteiger partial charge is 0.130 e.